The second-order valence-corrected chi connectivity index (χ2v) is 6.51. The van der Waals surface area contributed by atoms with Crippen molar-refractivity contribution in [3.05, 3.63) is 95.4 Å². The summed E-state index contributed by atoms with van der Waals surface area (Å²) in [6, 6.07) is 22.5. The molecule has 0 atom stereocenters. The molecule has 0 saturated heterocycles. The van der Waals surface area contributed by atoms with Crippen LogP contribution < -0.4 is 4.74 Å². The highest BCUT2D eigenvalue weighted by atomic mass is 16.5. The van der Waals surface area contributed by atoms with Gasteiger partial charge in [0, 0.05) is 5.56 Å². The lowest BCUT2D eigenvalue weighted by Gasteiger charge is -2.06. The van der Waals surface area contributed by atoms with E-state index in [1.807, 2.05) is 61.5 Å². The number of ether oxygens (including phenoxy) is 1. The number of rotatable bonds is 5. The molecule has 0 amide bonds. The first-order chi connectivity index (χ1) is 13.6. The Morgan fingerprint density at radius 1 is 0.964 bits per heavy atom. The Morgan fingerprint density at radius 2 is 1.68 bits per heavy atom. The van der Waals surface area contributed by atoms with Crippen molar-refractivity contribution >= 4 is 28.5 Å². The lowest BCUT2D eigenvalue weighted by atomic mass is 10.0. The van der Waals surface area contributed by atoms with E-state index in [-0.39, 0.29) is 5.78 Å². The molecule has 0 saturated carbocycles. The van der Waals surface area contributed by atoms with E-state index in [4.69, 9.17) is 9.15 Å². The lowest BCUT2D eigenvalue weighted by molar-refractivity contribution is 0.105. The third-order valence-electron chi connectivity index (χ3n) is 4.51. The van der Waals surface area contributed by atoms with Crippen molar-refractivity contribution in [2.75, 3.05) is 7.11 Å². The van der Waals surface area contributed by atoms with Gasteiger partial charge in [-0.15, -0.1) is 0 Å². The van der Waals surface area contributed by atoms with Crippen LogP contribution in [0.5, 0.6) is 5.75 Å². The SMILES string of the molecule is COc1ccc(C(=O)C(=Cc2ccc(C)cc2)c2nc3ccccc3o2)cc1. The normalized spacial score (nSPS) is 11.6. The van der Waals surface area contributed by atoms with Gasteiger partial charge in [0.05, 0.1) is 12.7 Å². The second kappa shape index (κ2) is 7.53. The van der Waals surface area contributed by atoms with Gasteiger partial charge in [-0.1, -0.05) is 42.0 Å². The van der Waals surface area contributed by atoms with Gasteiger partial charge in [-0.2, -0.15) is 0 Å². The predicted molar refractivity (Wildman–Crippen MR) is 110 cm³/mol. The molecule has 0 fully saturated rings. The first-order valence-corrected chi connectivity index (χ1v) is 8.97. The number of allylic oxidation sites excluding steroid dienone is 1. The molecule has 0 unspecified atom stereocenters. The van der Waals surface area contributed by atoms with Crippen LogP contribution in [-0.2, 0) is 0 Å². The fraction of sp³-hybridized carbons (Fsp3) is 0.0833. The van der Waals surface area contributed by atoms with E-state index in [2.05, 4.69) is 4.98 Å². The maximum absolute atomic E-state index is 13.3. The van der Waals surface area contributed by atoms with Gasteiger partial charge in [0.15, 0.2) is 11.4 Å². The molecule has 1 aromatic heterocycles. The van der Waals surface area contributed by atoms with Gasteiger partial charge in [0.1, 0.15) is 11.3 Å². The van der Waals surface area contributed by atoms with Crippen LogP contribution in [0.15, 0.2) is 77.2 Å². The van der Waals surface area contributed by atoms with Gasteiger partial charge in [-0.3, -0.25) is 4.79 Å². The van der Waals surface area contributed by atoms with Gasteiger partial charge in [0.25, 0.3) is 0 Å². The zero-order valence-corrected chi connectivity index (χ0v) is 15.7. The Hall–Kier alpha value is -3.66. The minimum absolute atomic E-state index is 0.158. The minimum Gasteiger partial charge on any atom is -0.497 e. The number of hydrogen-bond acceptors (Lipinski definition) is 4. The third-order valence-corrected chi connectivity index (χ3v) is 4.51. The average Bonchev–Trinajstić information content (AvgIpc) is 3.17. The van der Waals surface area contributed by atoms with Crippen molar-refractivity contribution in [2.24, 2.45) is 0 Å². The molecule has 28 heavy (non-hydrogen) atoms. The van der Waals surface area contributed by atoms with Crippen LogP contribution in [0.25, 0.3) is 22.7 Å². The molecule has 0 aliphatic heterocycles. The fourth-order valence-electron chi connectivity index (χ4n) is 2.94. The molecule has 0 radical (unpaired) electrons. The van der Waals surface area contributed by atoms with E-state index in [1.165, 1.54) is 0 Å². The highest BCUT2D eigenvalue weighted by Gasteiger charge is 2.20. The number of fused-ring (bicyclic) bond motifs is 1. The largest absolute Gasteiger partial charge is 0.497 e. The van der Waals surface area contributed by atoms with E-state index in [0.29, 0.717) is 28.4 Å². The van der Waals surface area contributed by atoms with Gasteiger partial charge in [0.2, 0.25) is 5.89 Å². The Kier molecular flexibility index (Phi) is 4.77. The number of para-hydroxylation sites is 2. The molecule has 0 N–H and O–H groups in total. The molecule has 4 nitrogen and oxygen atoms in total. The number of benzene rings is 3. The van der Waals surface area contributed by atoms with Crippen LogP contribution >= 0.6 is 0 Å². The zero-order valence-electron chi connectivity index (χ0n) is 15.7. The molecular weight excluding hydrogens is 350 g/mol. The van der Waals surface area contributed by atoms with Crippen molar-refractivity contribution in [3.8, 4) is 5.75 Å². The van der Waals surface area contributed by atoms with Crippen molar-refractivity contribution in [3.63, 3.8) is 0 Å². The minimum atomic E-state index is -0.158. The van der Waals surface area contributed by atoms with E-state index < -0.39 is 0 Å². The molecule has 0 aliphatic carbocycles. The third kappa shape index (κ3) is 3.58. The first kappa shape index (κ1) is 17.7. The topological polar surface area (TPSA) is 52.3 Å². The number of Topliss-reactive ketones (excluding diaryl/α,β-unsaturated/α-hetero) is 1. The molecule has 3 aromatic carbocycles. The molecule has 4 aromatic rings. The summed E-state index contributed by atoms with van der Waals surface area (Å²) in [5, 5.41) is 0. The number of carbonyl (C=O) groups is 1. The number of carbonyl (C=O) groups excluding carboxylic acids is 1. The van der Waals surface area contributed by atoms with Gasteiger partial charge in [-0.25, -0.2) is 4.98 Å². The number of aryl methyl sites for hydroxylation is 1. The van der Waals surface area contributed by atoms with Gasteiger partial charge >= 0.3 is 0 Å². The van der Waals surface area contributed by atoms with E-state index >= 15 is 0 Å². The van der Waals surface area contributed by atoms with Gasteiger partial charge in [-0.05, 0) is 55.0 Å². The predicted octanol–water partition coefficient (Wildman–Crippen LogP) is 5.57. The summed E-state index contributed by atoms with van der Waals surface area (Å²) in [5.74, 6) is 0.847. The summed E-state index contributed by atoms with van der Waals surface area (Å²) >= 11 is 0. The summed E-state index contributed by atoms with van der Waals surface area (Å²) in [7, 11) is 1.60. The van der Waals surface area contributed by atoms with Gasteiger partial charge < -0.3 is 9.15 Å². The van der Waals surface area contributed by atoms with Crippen molar-refractivity contribution < 1.29 is 13.9 Å². The van der Waals surface area contributed by atoms with Crippen LogP contribution in [0.4, 0.5) is 0 Å². The van der Waals surface area contributed by atoms with E-state index in [1.54, 1.807) is 31.4 Å². The molecule has 0 aliphatic rings. The summed E-state index contributed by atoms with van der Waals surface area (Å²) in [6.07, 6.45) is 1.82. The zero-order chi connectivity index (χ0) is 19.5. The first-order valence-electron chi connectivity index (χ1n) is 8.97. The van der Waals surface area contributed by atoms with Crippen LogP contribution in [0.1, 0.15) is 27.4 Å². The number of aromatic nitrogens is 1. The van der Waals surface area contributed by atoms with Crippen molar-refractivity contribution in [2.45, 2.75) is 6.92 Å². The fourth-order valence-corrected chi connectivity index (χ4v) is 2.94. The molecule has 4 rings (SSSR count). The summed E-state index contributed by atoms with van der Waals surface area (Å²) in [6.45, 7) is 2.03. The lowest BCUT2D eigenvalue weighted by Crippen LogP contribution is -2.03. The quantitative estimate of drug-likeness (QED) is 0.341. The smallest absolute Gasteiger partial charge is 0.231 e. The van der Waals surface area contributed by atoms with Crippen LogP contribution in [0.2, 0.25) is 0 Å². The van der Waals surface area contributed by atoms with Crippen LogP contribution in [0.3, 0.4) is 0 Å². The molecule has 138 valence electrons. The summed E-state index contributed by atoms with van der Waals surface area (Å²) < 4.78 is 11.1. The van der Waals surface area contributed by atoms with Crippen molar-refractivity contribution in [1.82, 2.24) is 4.98 Å². The molecule has 0 bridgehead atoms. The number of methoxy groups -OCH3 is 1. The van der Waals surface area contributed by atoms with E-state index in [9.17, 15) is 4.79 Å². The monoisotopic (exact) mass is 369 g/mol. The Bertz CT molecular complexity index is 1120. The van der Waals surface area contributed by atoms with Crippen LogP contribution in [0, 0.1) is 6.92 Å². The Morgan fingerprint density at radius 3 is 2.36 bits per heavy atom. The number of hydrogen-bond donors (Lipinski definition) is 0. The molecule has 1 heterocycles. The maximum Gasteiger partial charge on any atom is 0.231 e. The number of ketones is 1. The van der Waals surface area contributed by atoms with Crippen molar-refractivity contribution in [1.29, 1.82) is 0 Å². The molecular formula is C24H19NO3. The standard InChI is InChI=1S/C24H19NO3/c1-16-7-9-17(10-8-16)15-20(23(26)18-11-13-19(27-2)14-12-18)24-25-21-5-3-4-6-22(21)28-24/h3-15H,1-2H3. The number of nitrogens with zero attached hydrogens (tertiary/aromatic N) is 1. The van der Waals surface area contributed by atoms with E-state index in [0.717, 1.165) is 16.6 Å². The molecule has 0 spiro atoms. The van der Waals surface area contributed by atoms with Crippen LogP contribution in [-0.4, -0.2) is 17.9 Å². The maximum atomic E-state index is 13.3. The summed E-state index contributed by atoms with van der Waals surface area (Å²) in [5.41, 5.74) is 4.38. The Balaban J connectivity index is 1.82. The Labute approximate surface area is 163 Å². The average molecular weight is 369 g/mol. The highest BCUT2D eigenvalue weighted by molar-refractivity contribution is 6.31. The second-order valence-electron chi connectivity index (χ2n) is 6.51. The summed E-state index contributed by atoms with van der Waals surface area (Å²) in [4.78, 5) is 17.8. The number of oxazole rings is 1. The highest BCUT2D eigenvalue weighted by Crippen LogP contribution is 2.27. The molecule has 4 heteroatoms.